The summed E-state index contributed by atoms with van der Waals surface area (Å²) in [5, 5.41) is 0.601. The predicted molar refractivity (Wildman–Crippen MR) is 117 cm³/mol. The topological polar surface area (TPSA) is 108 Å². The van der Waals surface area contributed by atoms with E-state index in [-0.39, 0.29) is 12.0 Å². The molecule has 3 aromatic heterocycles. The van der Waals surface area contributed by atoms with E-state index in [0.717, 1.165) is 34.4 Å². The predicted octanol–water partition coefficient (Wildman–Crippen LogP) is 3.04. The fourth-order valence-corrected chi connectivity index (χ4v) is 5.88. The van der Waals surface area contributed by atoms with Crippen molar-refractivity contribution in [2.45, 2.75) is 25.9 Å². The van der Waals surface area contributed by atoms with Crippen LogP contribution in [-0.2, 0) is 17.6 Å². The fraction of sp³-hybridized carbons (Fsp3) is 0.333. The number of methoxy groups -OCH3 is 1. The van der Waals surface area contributed by atoms with Gasteiger partial charge in [-0.05, 0) is 54.6 Å². The molecule has 8 nitrogen and oxygen atoms in total. The molecule has 31 heavy (non-hydrogen) atoms. The van der Waals surface area contributed by atoms with Crippen LogP contribution >= 0.6 is 22.9 Å². The van der Waals surface area contributed by atoms with E-state index in [1.807, 2.05) is 6.20 Å². The molecule has 4 heterocycles. The molecule has 1 saturated heterocycles. The summed E-state index contributed by atoms with van der Waals surface area (Å²) in [6.45, 7) is 2.94. The molecule has 2 N–H and O–H groups in total. The summed E-state index contributed by atoms with van der Waals surface area (Å²) in [6, 6.07) is 3.41. The zero-order valence-electron chi connectivity index (χ0n) is 17.0. The van der Waals surface area contributed by atoms with E-state index in [0.29, 0.717) is 40.2 Å². The minimum Gasteiger partial charge on any atom is -0.444 e. The zero-order valence-corrected chi connectivity index (χ0v) is 18.6. The van der Waals surface area contributed by atoms with Crippen molar-refractivity contribution in [3.05, 3.63) is 45.7 Å². The van der Waals surface area contributed by atoms with Gasteiger partial charge in [-0.2, -0.15) is 0 Å². The molecule has 2 aliphatic rings. The Balaban J connectivity index is 1.45. The molecule has 0 radical (unpaired) electrons. The molecular formula is C21H20N4O4S2. The number of aromatic nitrogens is 2. The number of nitrogens with two attached hydrogens (primary N) is 1. The van der Waals surface area contributed by atoms with Crippen molar-refractivity contribution in [2.24, 2.45) is 5.73 Å². The first-order valence-corrected chi connectivity index (χ1v) is 11.4. The Morgan fingerprint density at radius 1 is 1.26 bits per heavy atom. The third-order valence-corrected chi connectivity index (χ3v) is 7.63. The van der Waals surface area contributed by atoms with E-state index in [4.69, 9.17) is 15.2 Å². The number of hydrogen-bond acceptors (Lipinski definition) is 8. The van der Waals surface area contributed by atoms with Gasteiger partial charge in [0.2, 0.25) is 0 Å². The zero-order chi connectivity index (χ0) is 21.7. The normalized spacial score (nSPS) is 15.2. The molecule has 1 aliphatic carbocycles. The first-order chi connectivity index (χ1) is 15.0. The summed E-state index contributed by atoms with van der Waals surface area (Å²) in [7, 11) is 1.64. The number of ether oxygens (including phenoxy) is 2. The summed E-state index contributed by atoms with van der Waals surface area (Å²) in [5.74, 6) is -0.0443. The number of rotatable bonds is 5. The number of fused-ring (bicyclic) bond motifs is 3. The Kier molecular flexibility index (Phi) is 4.99. The van der Waals surface area contributed by atoms with E-state index in [1.54, 1.807) is 31.1 Å². The highest BCUT2D eigenvalue weighted by Crippen LogP contribution is 2.50. The van der Waals surface area contributed by atoms with Crippen molar-refractivity contribution in [3.63, 3.8) is 0 Å². The second kappa shape index (κ2) is 7.70. The lowest BCUT2D eigenvalue weighted by Gasteiger charge is -2.37. The molecule has 0 spiro atoms. The number of primary amides is 1. The second-order valence-electron chi connectivity index (χ2n) is 7.57. The van der Waals surface area contributed by atoms with Crippen LogP contribution in [0.5, 0.6) is 10.8 Å². The maximum Gasteiger partial charge on any atom is 0.272 e. The van der Waals surface area contributed by atoms with Gasteiger partial charge in [-0.1, -0.05) is 11.3 Å². The summed E-state index contributed by atoms with van der Waals surface area (Å²) in [4.78, 5) is 32.3. The minimum atomic E-state index is -0.455. The molecule has 0 atom stereocenters. The molecule has 1 fully saturated rings. The van der Waals surface area contributed by atoms with Crippen molar-refractivity contribution in [1.29, 1.82) is 0 Å². The Bertz CT molecular complexity index is 1200. The van der Waals surface area contributed by atoms with Crippen LogP contribution in [-0.4, -0.2) is 52.4 Å². The van der Waals surface area contributed by atoms with Gasteiger partial charge in [-0.3, -0.25) is 9.59 Å². The van der Waals surface area contributed by atoms with Crippen LogP contribution in [0.3, 0.4) is 0 Å². The van der Waals surface area contributed by atoms with Crippen molar-refractivity contribution >= 4 is 34.7 Å². The van der Waals surface area contributed by atoms with E-state index >= 15 is 0 Å². The van der Waals surface area contributed by atoms with E-state index in [9.17, 15) is 9.59 Å². The molecule has 3 aromatic rings. The van der Waals surface area contributed by atoms with E-state index < -0.39 is 5.91 Å². The van der Waals surface area contributed by atoms with Crippen molar-refractivity contribution in [3.8, 4) is 21.3 Å². The van der Waals surface area contributed by atoms with Crippen LogP contribution in [0.4, 0.5) is 0 Å². The molecule has 1 aliphatic heterocycles. The SMILES string of the molecule is COC1CN(C(=O)c2ccc(Oc3sc(C(N)=O)c4c3-c3sncc3CC4)c(C)n2)C1. The lowest BCUT2D eigenvalue weighted by atomic mass is 9.93. The van der Waals surface area contributed by atoms with Crippen LogP contribution in [0, 0.1) is 6.92 Å². The highest BCUT2D eigenvalue weighted by atomic mass is 32.1. The summed E-state index contributed by atoms with van der Waals surface area (Å²) >= 11 is 2.64. The van der Waals surface area contributed by atoms with Crippen molar-refractivity contribution in [1.82, 2.24) is 14.3 Å². The lowest BCUT2D eigenvalue weighted by Crippen LogP contribution is -2.54. The second-order valence-corrected chi connectivity index (χ2v) is 9.35. The Morgan fingerprint density at radius 3 is 2.77 bits per heavy atom. The van der Waals surface area contributed by atoms with Crippen molar-refractivity contribution < 1.29 is 19.1 Å². The summed E-state index contributed by atoms with van der Waals surface area (Å²) < 4.78 is 15.7. The van der Waals surface area contributed by atoms with Crippen LogP contribution in [0.15, 0.2) is 18.3 Å². The molecule has 0 bridgehead atoms. The Hall–Kier alpha value is -2.82. The number of thiophene rings is 1. The molecule has 160 valence electrons. The average molecular weight is 457 g/mol. The van der Waals surface area contributed by atoms with Gasteiger partial charge in [0.05, 0.1) is 27.1 Å². The molecule has 0 unspecified atom stereocenters. The van der Waals surface area contributed by atoms with Gasteiger partial charge < -0.3 is 20.1 Å². The molecular weight excluding hydrogens is 436 g/mol. The number of nitrogens with zero attached hydrogens (tertiary/aromatic N) is 3. The maximum atomic E-state index is 12.6. The quantitative estimate of drug-likeness (QED) is 0.632. The first-order valence-electron chi connectivity index (χ1n) is 9.83. The maximum absolute atomic E-state index is 12.6. The average Bonchev–Trinajstić information content (AvgIpc) is 3.33. The van der Waals surface area contributed by atoms with Crippen LogP contribution in [0.25, 0.3) is 10.4 Å². The standard InChI is InChI=1S/C21H20N4O4S2/c1-10-15(6-5-14(24-10)20(27)25-8-12(9-25)28-2)29-21-16-13(18(30-21)19(22)26)4-3-11-7-23-31-17(11)16/h5-7,12H,3-4,8-9H2,1-2H3,(H2,22,26). The van der Waals surface area contributed by atoms with E-state index in [1.165, 1.54) is 22.9 Å². The highest BCUT2D eigenvalue weighted by molar-refractivity contribution is 7.17. The van der Waals surface area contributed by atoms with Gasteiger partial charge in [0.15, 0.2) is 5.06 Å². The third kappa shape index (κ3) is 3.40. The van der Waals surface area contributed by atoms with Gasteiger partial charge >= 0.3 is 0 Å². The Labute approximate surface area is 186 Å². The number of amides is 2. The highest BCUT2D eigenvalue weighted by Gasteiger charge is 2.33. The lowest BCUT2D eigenvalue weighted by molar-refractivity contribution is -0.0194. The van der Waals surface area contributed by atoms with E-state index in [2.05, 4.69) is 9.36 Å². The van der Waals surface area contributed by atoms with Crippen LogP contribution in [0.1, 0.15) is 37.0 Å². The van der Waals surface area contributed by atoms with Crippen molar-refractivity contribution in [2.75, 3.05) is 20.2 Å². The molecule has 0 saturated carbocycles. The number of carbonyl (C=O) groups is 2. The largest absolute Gasteiger partial charge is 0.444 e. The van der Waals surface area contributed by atoms with Gasteiger partial charge in [-0.25, -0.2) is 9.36 Å². The first kappa shape index (κ1) is 20.1. The third-order valence-electron chi connectivity index (χ3n) is 5.64. The minimum absolute atomic E-state index is 0.0914. The van der Waals surface area contributed by atoms with Gasteiger partial charge in [-0.15, -0.1) is 0 Å². The fourth-order valence-electron chi connectivity index (χ4n) is 3.88. The van der Waals surface area contributed by atoms with Gasteiger partial charge in [0, 0.05) is 26.4 Å². The molecule has 2 amide bonds. The Morgan fingerprint density at radius 2 is 2.06 bits per heavy atom. The van der Waals surface area contributed by atoms with Gasteiger partial charge in [0.1, 0.15) is 11.4 Å². The molecule has 5 rings (SSSR count). The van der Waals surface area contributed by atoms with Crippen LogP contribution < -0.4 is 10.5 Å². The van der Waals surface area contributed by atoms with Crippen LogP contribution in [0.2, 0.25) is 0 Å². The van der Waals surface area contributed by atoms with Gasteiger partial charge in [0.25, 0.3) is 11.8 Å². The number of carbonyl (C=O) groups excluding carboxylic acids is 2. The number of aryl methyl sites for hydroxylation is 2. The number of hydrogen-bond donors (Lipinski definition) is 1. The summed E-state index contributed by atoms with van der Waals surface area (Å²) in [6.07, 6.45) is 3.51. The smallest absolute Gasteiger partial charge is 0.272 e. The summed E-state index contributed by atoms with van der Waals surface area (Å²) in [5.41, 5.74) is 9.56. The number of pyridine rings is 1. The monoisotopic (exact) mass is 456 g/mol. The molecule has 0 aromatic carbocycles. The number of likely N-dealkylation sites (tertiary alicyclic amines) is 1. The molecule has 10 heteroatoms.